The van der Waals surface area contributed by atoms with Gasteiger partial charge in [-0.2, -0.15) is 0 Å². The first-order chi connectivity index (χ1) is 9.49. The molecule has 108 valence electrons. The van der Waals surface area contributed by atoms with Gasteiger partial charge < -0.3 is 10.0 Å². The van der Waals surface area contributed by atoms with Crippen LogP contribution in [-0.2, 0) is 16.0 Å². The Hall–Kier alpha value is -1.55. The zero-order valence-electron chi connectivity index (χ0n) is 11.4. The fourth-order valence-electron chi connectivity index (χ4n) is 2.52. The Morgan fingerprint density at radius 2 is 2.20 bits per heavy atom. The molecule has 5 heteroatoms. The fraction of sp³-hybridized carbons (Fsp3) is 0.467. The summed E-state index contributed by atoms with van der Waals surface area (Å²) in [6, 6.07) is 5.61. The maximum Gasteiger partial charge on any atom is 0.308 e. The first-order valence-electron chi connectivity index (χ1n) is 6.73. The number of aliphatic carboxylic acids is 1. The van der Waals surface area contributed by atoms with Crippen molar-refractivity contribution >= 4 is 23.5 Å². The van der Waals surface area contributed by atoms with E-state index in [1.165, 1.54) is 0 Å². The van der Waals surface area contributed by atoms with Crippen molar-refractivity contribution in [1.29, 1.82) is 0 Å². The summed E-state index contributed by atoms with van der Waals surface area (Å²) in [5, 5.41) is 9.67. The number of carbonyl (C=O) groups excluding carboxylic acids is 1. The van der Waals surface area contributed by atoms with Crippen molar-refractivity contribution < 1.29 is 14.7 Å². The van der Waals surface area contributed by atoms with E-state index in [4.69, 9.17) is 16.7 Å². The highest BCUT2D eigenvalue weighted by Crippen LogP contribution is 2.23. The third-order valence-corrected chi connectivity index (χ3v) is 4.28. The van der Waals surface area contributed by atoms with Crippen LogP contribution in [0.5, 0.6) is 0 Å². The molecule has 1 aromatic carbocycles. The van der Waals surface area contributed by atoms with Gasteiger partial charge in [0.25, 0.3) is 0 Å². The predicted octanol–water partition coefficient (Wildman–Crippen LogP) is 2.51. The summed E-state index contributed by atoms with van der Waals surface area (Å²) >= 11 is 6.19. The van der Waals surface area contributed by atoms with E-state index in [1.54, 1.807) is 4.90 Å². The molecule has 2 rings (SSSR count). The number of benzene rings is 1. The molecule has 1 aromatic rings. The van der Waals surface area contributed by atoms with Crippen LogP contribution in [0, 0.1) is 12.8 Å². The number of nitrogens with zero attached hydrogens (tertiary/aromatic N) is 1. The van der Waals surface area contributed by atoms with E-state index in [9.17, 15) is 9.59 Å². The van der Waals surface area contributed by atoms with Gasteiger partial charge in [-0.3, -0.25) is 9.59 Å². The van der Waals surface area contributed by atoms with Crippen molar-refractivity contribution in [2.45, 2.75) is 26.2 Å². The standard InChI is InChI=1S/C15H18ClNO3/c1-10-4-2-5-11(14(10)16)8-13(18)17-7-3-6-12(9-17)15(19)20/h2,4-5,12H,3,6-9H2,1H3,(H,19,20). The Morgan fingerprint density at radius 1 is 1.45 bits per heavy atom. The van der Waals surface area contributed by atoms with Crippen LogP contribution in [0.1, 0.15) is 24.0 Å². The molecule has 0 aromatic heterocycles. The Kier molecular flexibility index (Phi) is 4.65. The van der Waals surface area contributed by atoms with Gasteiger partial charge in [0.15, 0.2) is 0 Å². The topological polar surface area (TPSA) is 57.6 Å². The average Bonchev–Trinajstić information content (AvgIpc) is 2.44. The zero-order valence-corrected chi connectivity index (χ0v) is 12.2. The van der Waals surface area contributed by atoms with Gasteiger partial charge in [-0.05, 0) is 30.9 Å². The molecule has 0 radical (unpaired) electrons. The number of carboxylic acid groups (broad SMARTS) is 1. The van der Waals surface area contributed by atoms with Crippen molar-refractivity contribution in [1.82, 2.24) is 4.90 Å². The fourth-order valence-corrected chi connectivity index (χ4v) is 2.72. The largest absolute Gasteiger partial charge is 0.481 e. The number of piperidine rings is 1. The number of aryl methyl sites for hydroxylation is 1. The minimum Gasteiger partial charge on any atom is -0.481 e. The third-order valence-electron chi connectivity index (χ3n) is 3.74. The first-order valence-corrected chi connectivity index (χ1v) is 7.11. The van der Waals surface area contributed by atoms with Crippen LogP contribution in [0.3, 0.4) is 0 Å². The summed E-state index contributed by atoms with van der Waals surface area (Å²) in [6.45, 7) is 2.83. The summed E-state index contributed by atoms with van der Waals surface area (Å²) < 4.78 is 0. The normalized spacial score (nSPS) is 18.9. The van der Waals surface area contributed by atoms with E-state index in [0.29, 0.717) is 24.5 Å². The monoisotopic (exact) mass is 295 g/mol. The van der Waals surface area contributed by atoms with Crippen LogP contribution in [0.4, 0.5) is 0 Å². The molecule has 1 N–H and O–H groups in total. The van der Waals surface area contributed by atoms with Crippen molar-refractivity contribution in [3.05, 3.63) is 34.3 Å². The molecule has 1 fully saturated rings. The van der Waals surface area contributed by atoms with Gasteiger partial charge in [-0.25, -0.2) is 0 Å². The van der Waals surface area contributed by atoms with Crippen molar-refractivity contribution in [2.75, 3.05) is 13.1 Å². The summed E-state index contributed by atoms with van der Waals surface area (Å²) in [5.74, 6) is -1.32. The molecule has 0 saturated carbocycles. The Labute approximate surface area is 123 Å². The van der Waals surface area contributed by atoms with Crippen LogP contribution < -0.4 is 0 Å². The number of hydrogen-bond acceptors (Lipinski definition) is 2. The summed E-state index contributed by atoms with van der Waals surface area (Å²) in [4.78, 5) is 24.9. The van der Waals surface area contributed by atoms with Gasteiger partial charge in [0.05, 0.1) is 12.3 Å². The highest BCUT2D eigenvalue weighted by molar-refractivity contribution is 6.32. The molecule has 1 amide bonds. The molecule has 4 nitrogen and oxygen atoms in total. The zero-order chi connectivity index (χ0) is 14.7. The maximum absolute atomic E-state index is 12.3. The molecular formula is C15H18ClNO3. The number of likely N-dealkylation sites (tertiary alicyclic amines) is 1. The number of carboxylic acids is 1. The lowest BCUT2D eigenvalue weighted by atomic mass is 9.97. The van der Waals surface area contributed by atoms with Gasteiger partial charge in [0.1, 0.15) is 0 Å². The lowest BCUT2D eigenvalue weighted by molar-refractivity contribution is -0.145. The number of amides is 1. The molecule has 1 heterocycles. The second kappa shape index (κ2) is 6.27. The summed E-state index contributed by atoms with van der Waals surface area (Å²) in [6.07, 6.45) is 1.61. The lowest BCUT2D eigenvalue weighted by Crippen LogP contribution is -2.43. The molecule has 1 aliphatic rings. The quantitative estimate of drug-likeness (QED) is 0.932. The highest BCUT2D eigenvalue weighted by atomic mass is 35.5. The van der Waals surface area contributed by atoms with Crippen molar-refractivity contribution in [3.8, 4) is 0 Å². The van der Waals surface area contributed by atoms with E-state index in [-0.39, 0.29) is 12.3 Å². The third kappa shape index (κ3) is 3.31. The summed E-state index contributed by atoms with van der Waals surface area (Å²) in [7, 11) is 0. The van der Waals surface area contributed by atoms with Crippen LogP contribution in [0.15, 0.2) is 18.2 Å². The lowest BCUT2D eigenvalue weighted by Gasteiger charge is -2.31. The van der Waals surface area contributed by atoms with Gasteiger partial charge in [0.2, 0.25) is 5.91 Å². The van der Waals surface area contributed by atoms with E-state index in [2.05, 4.69) is 0 Å². The van der Waals surface area contributed by atoms with E-state index in [1.807, 2.05) is 25.1 Å². The molecule has 1 atom stereocenters. The van der Waals surface area contributed by atoms with Crippen LogP contribution in [0.2, 0.25) is 5.02 Å². The predicted molar refractivity (Wildman–Crippen MR) is 76.8 cm³/mol. The number of hydrogen-bond donors (Lipinski definition) is 1. The second-order valence-electron chi connectivity index (χ2n) is 5.24. The number of halogens is 1. The molecule has 0 spiro atoms. The van der Waals surface area contributed by atoms with E-state index < -0.39 is 11.9 Å². The minimum atomic E-state index is -0.823. The van der Waals surface area contributed by atoms with Crippen LogP contribution in [0.25, 0.3) is 0 Å². The SMILES string of the molecule is Cc1cccc(CC(=O)N2CCCC(C(=O)O)C2)c1Cl. The van der Waals surface area contributed by atoms with Gasteiger partial charge in [0, 0.05) is 18.1 Å². The van der Waals surface area contributed by atoms with Crippen molar-refractivity contribution in [3.63, 3.8) is 0 Å². The van der Waals surface area contributed by atoms with Gasteiger partial charge in [-0.15, -0.1) is 0 Å². The van der Waals surface area contributed by atoms with Crippen molar-refractivity contribution in [2.24, 2.45) is 5.92 Å². The molecule has 20 heavy (non-hydrogen) atoms. The molecular weight excluding hydrogens is 278 g/mol. The Morgan fingerprint density at radius 3 is 2.90 bits per heavy atom. The van der Waals surface area contributed by atoms with E-state index in [0.717, 1.165) is 17.5 Å². The minimum absolute atomic E-state index is 0.0524. The molecule has 1 aliphatic heterocycles. The van der Waals surface area contributed by atoms with E-state index >= 15 is 0 Å². The van der Waals surface area contributed by atoms with Crippen LogP contribution in [-0.4, -0.2) is 35.0 Å². The van der Waals surface area contributed by atoms with Gasteiger partial charge in [-0.1, -0.05) is 29.8 Å². The van der Waals surface area contributed by atoms with Gasteiger partial charge >= 0.3 is 5.97 Å². The summed E-state index contributed by atoms with van der Waals surface area (Å²) in [5.41, 5.74) is 1.74. The number of rotatable bonds is 3. The first kappa shape index (κ1) is 14.9. The maximum atomic E-state index is 12.3. The second-order valence-corrected chi connectivity index (χ2v) is 5.62. The molecule has 0 aliphatic carbocycles. The van der Waals surface area contributed by atoms with Crippen LogP contribution >= 0.6 is 11.6 Å². The number of carbonyl (C=O) groups is 2. The Balaban J connectivity index is 2.04. The average molecular weight is 296 g/mol. The smallest absolute Gasteiger partial charge is 0.308 e. The Bertz CT molecular complexity index is 530. The molecule has 0 bridgehead atoms. The highest BCUT2D eigenvalue weighted by Gasteiger charge is 2.28. The molecule has 1 saturated heterocycles. The molecule has 1 unspecified atom stereocenters.